The van der Waals surface area contributed by atoms with Crippen LogP contribution < -0.4 is 24.6 Å². The molecule has 0 bridgehead atoms. The van der Waals surface area contributed by atoms with Crippen molar-refractivity contribution < 1.29 is 64.7 Å². The van der Waals surface area contributed by atoms with Crippen LogP contribution >= 0.6 is 81.2 Å². The van der Waals surface area contributed by atoms with Gasteiger partial charge >= 0.3 is 30.8 Å². The van der Waals surface area contributed by atoms with Crippen LogP contribution in [0.1, 0.15) is 53.6 Å². The number of halogens is 8. The van der Waals surface area contributed by atoms with Crippen LogP contribution in [0.4, 0.5) is 4.39 Å². The van der Waals surface area contributed by atoms with Crippen LogP contribution in [-0.4, -0.2) is 92.8 Å². The number of esters is 1. The van der Waals surface area contributed by atoms with Gasteiger partial charge in [0.1, 0.15) is 28.6 Å². The SMILES string of the molecule is C.CCOC(=O)c1[nH]cnc1-c1ccc(Cl)cc1.Clc1ccc(-c2nc[nH]c2-c2nc(Cc3ccc(Cl)c(Cl)c3)no2)cc1.N/C(Cc1ccc(Cl)c(Cl)c1)=N/O.O.O=C(O)c1[nH]cnc1-c1ccc(Cl)cc1.[2H]CF.[Li+].[OH-]. The fourth-order valence-electron chi connectivity index (χ4n) is 6.20. The van der Waals surface area contributed by atoms with Crippen LogP contribution in [0.2, 0.25) is 35.2 Å². The molecule has 0 atom stereocenters. The molecule has 0 aliphatic heterocycles. The van der Waals surface area contributed by atoms with Crippen molar-refractivity contribution in [2.75, 3.05) is 13.8 Å². The van der Waals surface area contributed by atoms with Gasteiger partial charge in [-0.3, -0.25) is 4.39 Å². The Morgan fingerprint density at radius 2 is 1.13 bits per heavy atom. The van der Waals surface area contributed by atoms with E-state index in [0.29, 0.717) is 94.8 Å². The van der Waals surface area contributed by atoms with Gasteiger partial charge in [0, 0.05) is 44.6 Å². The van der Waals surface area contributed by atoms with E-state index < -0.39 is 19.1 Å². The number of rotatable bonds is 11. The van der Waals surface area contributed by atoms with Crippen LogP contribution in [-0.2, 0) is 17.6 Å². The van der Waals surface area contributed by atoms with Gasteiger partial charge in [0.2, 0.25) is 0 Å². The smallest absolute Gasteiger partial charge is 0.870 e. The van der Waals surface area contributed by atoms with E-state index in [0.717, 1.165) is 27.8 Å². The van der Waals surface area contributed by atoms with Crippen molar-refractivity contribution in [2.45, 2.75) is 27.2 Å². The van der Waals surface area contributed by atoms with Gasteiger partial charge in [0.15, 0.2) is 17.2 Å². The Kier molecular flexibility index (Phi) is 29.7. The molecule has 0 saturated carbocycles. The number of benzene rings is 5. The molecule has 0 aliphatic rings. The van der Waals surface area contributed by atoms with Gasteiger partial charge in [-0.2, -0.15) is 4.98 Å². The van der Waals surface area contributed by atoms with E-state index in [-0.39, 0.29) is 48.8 Å². The predicted molar refractivity (Wildman–Crippen MR) is 295 cm³/mol. The fourth-order valence-corrected chi connectivity index (χ4v) is 7.22. The van der Waals surface area contributed by atoms with E-state index in [1.807, 2.05) is 18.2 Å². The van der Waals surface area contributed by atoms with E-state index >= 15 is 0 Å². The van der Waals surface area contributed by atoms with Crippen molar-refractivity contribution >= 4 is 99.0 Å². The number of H-pyrrole nitrogens is 3. The first-order valence-electron chi connectivity index (χ1n) is 21.6. The van der Waals surface area contributed by atoms with Gasteiger partial charge in [-0.15, -0.1) is 0 Å². The molecule has 9 aromatic rings. The van der Waals surface area contributed by atoms with E-state index in [1.54, 1.807) is 104 Å². The summed E-state index contributed by atoms with van der Waals surface area (Å²) in [5, 5.41) is 27.9. The molecule has 18 nitrogen and oxygen atoms in total. The predicted octanol–water partition coefficient (Wildman–Crippen LogP) is 10.5. The van der Waals surface area contributed by atoms with Crippen molar-refractivity contribution in [1.29, 1.82) is 0 Å². The Hall–Kier alpha value is -6.44. The summed E-state index contributed by atoms with van der Waals surface area (Å²) in [4.78, 5) is 47.8. The molecule has 0 saturated heterocycles. The summed E-state index contributed by atoms with van der Waals surface area (Å²) in [5.41, 5.74) is 12.3. The number of aromatic amines is 3. The number of hydrogen-bond acceptors (Lipinski definition) is 12. The third-order valence-electron chi connectivity index (χ3n) is 9.49. The average Bonchev–Trinajstić information content (AvgIpc) is 4.24. The summed E-state index contributed by atoms with van der Waals surface area (Å²) < 4.78 is 25.8. The molecule has 0 aliphatic carbocycles. The minimum atomic E-state index is -1.03. The second-order valence-electron chi connectivity index (χ2n) is 14.4. The number of aromatic nitrogens is 8. The molecule has 27 heteroatoms. The minimum absolute atomic E-state index is 0. The van der Waals surface area contributed by atoms with Crippen molar-refractivity contribution in [3.8, 4) is 45.4 Å². The maximum Gasteiger partial charge on any atom is 1.00 e. The van der Waals surface area contributed by atoms with Crippen LogP contribution in [0.25, 0.3) is 45.4 Å². The number of ether oxygens (including phenoxy) is 1. The number of oxime groups is 1. The van der Waals surface area contributed by atoms with Crippen molar-refractivity contribution in [2.24, 2.45) is 10.9 Å². The van der Waals surface area contributed by atoms with Gasteiger partial charge in [0.05, 0.1) is 54.2 Å². The van der Waals surface area contributed by atoms with Gasteiger partial charge in [-0.05, 0) is 78.7 Å². The molecule has 0 radical (unpaired) electrons. The number of nitrogens with zero attached hydrogens (tertiary/aromatic N) is 6. The topological polar surface area (TPSA) is 309 Å². The third-order valence-corrected chi connectivity index (χ3v) is 11.7. The Morgan fingerprint density at radius 1 is 0.701 bits per heavy atom. The number of imidazole rings is 3. The molecule has 402 valence electrons. The fraction of sp³-hybridized carbons (Fsp3) is 0.120. The number of carbonyl (C=O) groups excluding carboxylic acids is 1. The molecule has 0 amide bonds. The number of hydrogen-bond donors (Lipinski definition) is 6. The van der Waals surface area contributed by atoms with Crippen LogP contribution in [0.15, 0.2) is 138 Å². The van der Waals surface area contributed by atoms with Crippen LogP contribution in [0, 0.1) is 0 Å². The normalized spacial score (nSPS) is 10.2. The Morgan fingerprint density at radius 3 is 1.60 bits per heavy atom. The molecule has 9 rings (SSSR count). The maximum atomic E-state index is 11.6. The molecule has 0 fully saturated rings. The quantitative estimate of drug-likeness (QED) is 0.0175. The Bertz CT molecular complexity index is 3280. The Balaban J connectivity index is 0.000000520. The van der Waals surface area contributed by atoms with Crippen molar-refractivity contribution in [1.82, 2.24) is 40.0 Å². The number of amidine groups is 1. The molecule has 5 aromatic carbocycles. The molecular weight excluding hydrogens is 1140 g/mol. The molecule has 4 aromatic heterocycles. The molecule has 0 spiro atoms. The first kappa shape index (κ1) is 66.7. The summed E-state index contributed by atoms with van der Waals surface area (Å²) in [6, 6.07) is 31.9. The molecule has 4 heterocycles. The zero-order valence-electron chi connectivity index (χ0n) is 40.7. The number of carboxylic acid groups (broad SMARTS) is 1. The van der Waals surface area contributed by atoms with E-state index in [9.17, 15) is 14.0 Å². The molecule has 77 heavy (non-hydrogen) atoms. The summed E-state index contributed by atoms with van der Waals surface area (Å²) in [7, 11) is -1.00. The zero-order valence-corrected chi connectivity index (χ0v) is 45.0. The summed E-state index contributed by atoms with van der Waals surface area (Å²) in [6.45, 7) is 2.09. The number of nitrogens with one attached hydrogen (secondary N) is 3. The zero-order chi connectivity index (χ0) is 53.7. The largest absolute Gasteiger partial charge is 1.00 e. The summed E-state index contributed by atoms with van der Waals surface area (Å²) in [5.74, 6) is -0.400. The van der Waals surface area contributed by atoms with Gasteiger partial charge in [0.25, 0.3) is 5.89 Å². The van der Waals surface area contributed by atoms with E-state index in [2.05, 4.69) is 45.2 Å². The van der Waals surface area contributed by atoms with E-state index in [1.165, 1.54) is 12.7 Å². The monoisotopic (exact) mass is 1190 g/mol. The standard InChI is InChI=1S/C18H11Cl3N4O.C12H11ClN2O2.C10H7ClN2O2.C8H8Cl2N2O.CH3F.CH4.Li.2H2O/c19-12-4-2-11(3-5-12)16-17(23-9-22-16)18-24-15(25-26-18)8-10-1-6-13(20)14(21)7-10;1-2-17-12(16)11-10(14-7-15-11)8-3-5-9(13)6-4-8;11-7-3-1-6(2-4-7)8-9(10(14)15)13-5-12-8;9-6-2-1-5(3-7(6)10)4-8(11)12-13;1-2;;;;/h1-7,9H,8H2,(H,22,23);3-7H,2H2,1H3,(H,14,15);1-5H,(H,12,13)(H,14,15);1-3,13H,4H2,(H2,11,12);1H3;1H4;;2*1H2/q;;;;;;+1;;/p-1/i;;;;1D;;;;. The van der Waals surface area contributed by atoms with Crippen molar-refractivity contribution in [3.63, 3.8) is 0 Å². The first-order chi connectivity index (χ1) is 35.5. The number of carbonyl (C=O) groups is 2. The number of aromatic carboxylic acids is 1. The third kappa shape index (κ3) is 20.1. The van der Waals surface area contributed by atoms with E-state index in [4.69, 9.17) is 108 Å². The average molecular weight is 1190 g/mol. The summed E-state index contributed by atoms with van der Waals surface area (Å²) in [6.07, 6.45) is 5.24. The minimum Gasteiger partial charge on any atom is -0.870 e. The van der Waals surface area contributed by atoms with Crippen LogP contribution in [0.5, 0.6) is 0 Å². The Labute approximate surface area is 489 Å². The molecule has 10 N–H and O–H groups in total. The van der Waals surface area contributed by atoms with Crippen LogP contribution in [0.3, 0.4) is 0 Å². The van der Waals surface area contributed by atoms with Gasteiger partial charge in [-0.25, -0.2) is 24.5 Å². The number of nitrogens with two attached hydrogens (primary N) is 1. The van der Waals surface area contributed by atoms with Gasteiger partial charge in [-0.1, -0.05) is 147 Å². The summed E-state index contributed by atoms with van der Waals surface area (Å²) >= 11 is 40.9. The second-order valence-corrected chi connectivity index (χ2v) is 17.3. The van der Waals surface area contributed by atoms with Gasteiger partial charge < -0.3 is 51.2 Å². The van der Waals surface area contributed by atoms with Crippen molar-refractivity contribution in [3.05, 3.63) is 192 Å². The molecular formula is C50H47Cl7FLiN10O8. The first-order valence-corrected chi connectivity index (χ1v) is 23.5. The molecule has 0 unspecified atom stereocenters. The number of alkyl halides is 1. The number of carboxylic acids is 1. The second kappa shape index (κ2) is 34.4. The maximum absolute atomic E-state index is 11.6.